The Morgan fingerprint density at radius 1 is 0.833 bits per heavy atom. The van der Waals surface area contributed by atoms with Crippen LogP contribution < -0.4 is 0 Å². The van der Waals surface area contributed by atoms with E-state index in [1.807, 2.05) is 12.1 Å². The minimum Gasteiger partial charge on any atom is -0.204 e. The second-order valence-corrected chi connectivity index (χ2v) is 5.27. The van der Waals surface area contributed by atoms with Crippen LogP contribution in [0, 0.1) is 11.6 Å². The maximum Gasteiger partial charge on any atom is 0.159 e. The van der Waals surface area contributed by atoms with E-state index in [-0.39, 0.29) is 0 Å². The summed E-state index contributed by atoms with van der Waals surface area (Å²) >= 11 is 0. The average Bonchev–Trinajstić information content (AvgIpc) is 3.12. The van der Waals surface area contributed by atoms with Crippen molar-refractivity contribution in [1.82, 2.24) is 0 Å². The lowest BCUT2D eigenvalue weighted by atomic mass is 9.95. The molecule has 18 heavy (non-hydrogen) atoms. The van der Waals surface area contributed by atoms with Crippen molar-refractivity contribution in [2.45, 2.75) is 25.2 Å². The van der Waals surface area contributed by atoms with Crippen molar-refractivity contribution in [2.24, 2.45) is 0 Å². The van der Waals surface area contributed by atoms with E-state index < -0.39 is 11.6 Å². The summed E-state index contributed by atoms with van der Waals surface area (Å²) in [6.07, 6.45) is 2.47. The first-order valence-electron chi connectivity index (χ1n) is 6.14. The van der Waals surface area contributed by atoms with Gasteiger partial charge in [-0.1, -0.05) is 37.3 Å². The summed E-state index contributed by atoms with van der Waals surface area (Å²) in [5, 5.41) is 0. The molecule has 2 aromatic carbocycles. The zero-order valence-corrected chi connectivity index (χ0v) is 10.2. The van der Waals surface area contributed by atoms with Gasteiger partial charge in [0.05, 0.1) is 0 Å². The van der Waals surface area contributed by atoms with Crippen molar-refractivity contribution >= 4 is 0 Å². The second kappa shape index (κ2) is 3.91. The summed E-state index contributed by atoms with van der Waals surface area (Å²) < 4.78 is 26.0. The third-order valence-corrected chi connectivity index (χ3v) is 3.83. The summed E-state index contributed by atoms with van der Waals surface area (Å²) in [6.45, 7) is 2.25. The molecule has 0 aliphatic heterocycles. The Kier molecular flexibility index (Phi) is 2.47. The van der Waals surface area contributed by atoms with E-state index in [2.05, 4.69) is 19.1 Å². The highest BCUT2D eigenvalue weighted by Crippen LogP contribution is 2.47. The lowest BCUT2D eigenvalue weighted by Crippen LogP contribution is -1.98. The van der Waals surface area contributed by atoms with Crippen LogP contribution in [0.1, 0.15) is 25.3 Å². The molecule has 0 bridgehead atoms. The molecule has 0 heterocycles. The first-order chi connectivity index (χ1) is 8.58. The molecule has 1 aliphatic rings. The summed E-state index contributed by atoms with van der Waals surface area (Å²) in [5.74, 6) is -1.61. The molecule has 1 fully saturated rings. The predicted molar refractivity (Wildman–Crippen MR) is 68.4 cm³/mol. The molecule has 0 atom stereocenters. The van der Waals surface area contributed by atoms with Gasteiger partial charge in [0.1, 0.15) is 0 Å². The molecule has 0 radical (unpaired) electrons. The predicted octanol–water partition coefficient (Wildman–Crippen LogP) is 4.68. The van der Waals surface area contributed by atoms with Crippen molar-refractivity contribution in [3.63, 3.8) is 0 Å². The van der Waals surface area contributed by atoms with Crippen LogP contribution in [0.2, 0.25) is 0 Å². The standard InChI is InChI=1S/C16H14F2/c1-16(8-9-16)13-5-2-11(3-6-13)12-4-7-14(17)15(18)10-12/h2-7,10H,8-9H2,1H3. The van der Waals surface area contributed by atoms with Crippen molar-refractivity contribution in [2.75, 3.05) is 0 Å². The summed E-state index contributed by atoms with van der Waals surface area (Å²) in [6, 6.07) is 12.1. The van der Waals surface area contributed by atoms with Crippen molar-refractivity contribution in [3.05, 3.63) is 59.7 Å². The van der Waals surface area contributed by atoms with Crippen LogP contribution >= 0.6 is 0 Å². The quantitative estimate of drug-likeness (QED) is 0.719. The fourth-order valence-electron chi connectivity index (χ4n) is 2.22. The fourth-order valence-corrected chi connectivity index (χ4v) is 2.22. The minimum atomic E-state index is -0.805. The molecule has 1 saturated carbocycles. The van der Waals surface area contributed by atoms with Gasteiger partial charge in [-0.2, -0.15) is 0 Å². The molecule has 0 N–H and O–H groups in total. The summed E-state index contributed by atoms with van der Waals surface area (Å²) in [4.78, 5) is 0. The second-order valence-electron chi connectivity index (χ2n) is 5.27. The third kappa shape index (κ3) is 1.92. The first-order valence-corrected chi connectivity index (χ1v) is 6.14. The molecule has 3 rings (SSSR count). The van der Waals surface area contributed by atoms with Gasteiger partial charge in [-0.25, -0.2) is 8.78 Å². The van der Waals surface area contributed by atoms with Crippen molar-refractivity contribution in [3.8, 4) is 11.1 Å². The van der Waals surface area contributed by atoms with Crippen LogP contribution in [0.4, 0.5) is 8.78 Å². The highest BCUT2D eigenvalue weighted by Gasteiger charge is 2.38. The third-order valence-electron chi connectivity index (χ3n) is 3.83. The van der Waals surface area contributed by atoms with Crippen LogP contribution in [0.3, 0.4) is 0 Å². The summed E-state index contributed by atoms with van der Waals surface area (Å²) in [7, 11) is 0. The molecule has 2 aromatic rings. The lowest BCUT2D eigenvalue weighted by molar-refractivity contribution is 0.509. The van der Waals surface area contributed by atoms with E-state index in [9.17, 15) is 8.78 Å². The van der Waals surface area contributed by atoms with Gasteiger partial charge in [0.25, 0.3) is 0 Å². The monoisotopic (exact) mass is 244 g/mol. The van der Waals surface area contributed by atoms with E-state index in [0.29, 0.717) is 11.0 Å². The molecule has 0 saturated heterocycles. The largest absolute Gasteiger partial charge is 0.204 e. The first kappa shape index (κ1) is 11.4. The number of hydrogen-bond acceptors (Lipinski definition) is 0. The maximum atomic E-state index is 13.2. The average molecular weight is 244 g/mol. The van der Waals surface area contributed by atoms with Crippen LogP contribution in [0.5, 0.6) is 0 Å². The zero-order chi connectivity index (χ0) is 12.8. The molecule has 0 unspecified atom stereocenters. The van der Waals surface area contributed by atoms with Crippen LogP contribution in [0.15, 0.2) is 42.5 Å². The van der Waals surface area contributed by atoms with E-state index >= 15 is 0 Å². The molecule has 0 nitrogen and oxygen atoms in total. The topological polar surface area (TPSA) is 0 Å². The Bertz CT molecular complexity index is 581. The van der Waals surface area contributed by atoms with E-state index in [1.54, 1.807) is 6.07 Å². The van der Waals surface area contributed by atoms with Gasteiger partial charge in [0.2, 0.25) is 0 Å². The highest BCUT2D eigenvalue weighted by molar-refractivity contribution is 5.64. The Morgan fingerprint density at radius 3 is 2.00 bits per heavy atom. The van der Waals surface area contributed by atoms with Crippen LogP contribution in [-0.4, -0.2) is 0 Å². The maximum absolute atomic E-state index is 13.2. The van der Waals surface area contributed by atoms with Gasteiger partial charge in [0.15, 0.2) is 11.6 Å². The molecule has 0 spiro atoms. The van der Waals surface area contributed by atoms with Crippen LogP contribution in [-0.2, 0) is 5.41 Å². The van der Waals surface area contributed by atoms with Gasteiger partial charge in [0, 0.05) is 0 Å². The number of benzene rings is 2. The van der Waals surface area contributed by atoms with Gasteiger partial charge in [-0.05, 0) is 47.1 Å². The molecule has 1 aliphatic carbocycles. The number of hydrogen-bond donors (Lipinski definition) is 0. The zero-order valence-electron chi connectivity index (χ0n) is 10.2. The molecule has 0 amide bonds. The van der Waals surface area contributed by atoms with Crippen molar-refractivity contribution in [1.29, 1.82) is 0 Å². The van der Waals surface area contributed by atoms with Crippen LogP contribution in [0.25, 0.3) is 11.1 Å². The minimum absolute atomic E-state index is 0.340. The molecule has 92 valence electrons. The van der Waals surface area contributed by atoms with E-state index in [1.165, 1.54) is 30.5 Å². The van der Waals surface area contributed by atoms with Crippen molar-refractivity contribution < 1.29 is 8.78 Å². The Morgan fingerprint density at radius 2 is 1.44 bits per heavy atom. The molecule has 2 heteroatoms. The SMILES string of the molecule is CC1(c2ccc(-c3ccc(F)c(F)c3)cc2)CC1. The Hall–Kier alpha value is -1.70. The Balaban J connectivity index is 1.94. The number of rotatable bonds is 2. The highest BCUT2D eigenvalue weighted by atomic mass is 19.2. The van der Waals surface area contributed by atoms with E-state index in [0.717, 1.165) is 5.56 Å². The fraction of sp³-hybridized carbons (Fsp3) is 0.250. The lowest BCUT2D eigenvalue weighted by Gasteiger charge is -2.10. The van der Waals surface area contributed by atoms with E-state index in [4.69, 9.17) is 0 Å². The van der Waals surface area contributed by atoms with Gasteiger partial charge in [-0.15, -0.1) is 0 Å². The normalized spacial score (nSPS) is 16.6. The van der Waals surface area contributed by atoms with Gasteiger partial charge >= 0.3 is 0 Å². The van der Waals surface area contributed by atoms with Gasteiger partial charge < -0.3 is 0 Å². The molecule has 0 aromatic heterocycles. The molecular weight excluding hydrogens is 230 g/mol. The van der Waals surface area contributed by atoms with Gasteiger partial charge in [-0.3, -0.25) is 0 Å². The Labute approximate surface area is 105 Å². The number of halogens is 2. The molecular formula is C16H14F2. The smallest absolute Gasteiger partial charge is 0.159 e. The summed E-state index contributed by atoms with van der Waals surface area (Å²) in [5.41, 5.74) is 3.30.